The van der Waals surface area contributed by atoms with Crippen molar-refractivity contribution in [2.24, 2.45) is 17.6 Å². The van der Waals surface area contributed by atoms with Crippen LogP contribution in [0.2, 0.25) is 0 Å². The van der Waals surface area contributed by atoms with Crippen LogP contribution in [0.5, 0.6) is 0 Å². The summed E-state index contributed by atoms with van der Waals surface area (Å²) in [6.45, 7) is 7.42. The summed E-state index contributed by atoms with van der Waals surface area (Å²) in [5, 5.41) is 2.91. The van der Waals surface area contributed by atoms with Gasteiger partial charge in [-0.15, -0.1) is 0 Å². The molecular formula is C13H25N3O2. The minimum atomic E-state index is -0.0812. The Labute approximate surface area is 109 Å². The van der Waals surface area contributed by atoms with E-state index in [2.05, 4.69) is 5.32 Å². The summed E-state index contributed by atoms with van der Waals surface area (Å²) in [5.74, 6) is 0.355. The molecule has 0 aliphatic carbocycles. The Morgan fingerprint density at radius 1 is 1.33 bits per heavy atom. The Hall–Kier alpha value is -1.10. The number of amides is 2. The maximum Gasteiger partial charge on any atom is 0.227 e. The topological polar surface area (TPSA) is 75.4 Å². The average molecular weight is 255 g/mol. The van der Waals surface area contributed by atoms with Gasteiger partial charge in [-0.2, -0.15) is 0 Å². The van der Waals surface area contributed by atoms with E-state index in [1.165, 1.54) is 6.92 Å². The fourth-order valence-corrected chi connectivity index (χ4v) is 2.42. The highest BCUT2D eigenvalue weighted by Gasteiger charge is 2.29. The molecule has 3 N–H and O–H groups in total. The quantitative estimate of drug-likeness (QED) is 0.761. The second-order valence-corrected chi connectivity index (χ2v) is 5.39. The number of carbonyl (C=O) groups excluding carboxylic acids is 2. The lowest BCUT2D eigenvalue weighted by Crippen LogP contribution is -2.49. The molecule has 1 saturated heterocycles. The Kier molecular flexibility index (Phi) is 5.59. The van der Waals surface area contributed by atoms with E-state index in [0.29, 0.717) is 19.6 Å². The van der Waals surface area contributed by atoms with Gasteiger partial charge in [-0.3, -0.25) is 9.59 Å². The predicted octanol–water partition coefficient (Wildman–Crippen LogP) is 0.344. The fourth-order valence-electron chi connectivity index (χ4n) is 2.42. The normalized spacial score (nSPS) is 18.8. The van der Waals surface area contributed by atoms with E-state index in [1.54, 1.807) is 0 Å². The van der Waals surface area contributed by atoms with Crippen molar-refractivity contribution in [3.8, 4) is 0 Å². The van der Waals surface area contributed by atoms with Crippen molar-refractivity contribution in [3.05, 3.63) is 0 Å². The minimum Gasteiger partial charge on any atom is -0.353 e. The van der Waals surface area contributed by atoms with Crippen LogP contribution in [0.4, 0.5) is 0 Å². The lowest BCUT2D eigenvalue weighted by atomic mass is 9.93. The molecule has 104 valence electrons. The summed E-state index contributed by atoms with van der Waals surface area (Å²) in [5.41, 5.74) is 5.67. The number of likely N-dealkylation sites (tertiary alicyclic amines) is 1. The zero-order valence-corrected chi connectivity index (χ0v) is 11.6. The van der Waals surface area contributed by atoms with E-state index in [-0.39, 0.29) is 29.7 Å². The number of nitrogens with two attached hydrogens (primary N) is 1. The number of rotatable bonds is 4. The molecule has 0 bridgehead atoms. The van der Waals surface area contributed by atoms with Gasteiger partial charge in [-0.1, -0.05) is 13.8 Å². The van der Waals surface area contributed by atoms with Crippen molar-refractivity contribution in [2.45, 2.75) is 39.7 Å². The van der Waals surface area contributed by atoms with E-state index in [0.717, 1.165) is 12.8 Å². The molecular weight excluding hydrogens is 230 g/mol. The van der Waals surface area contributed by atoms with E-state index in [1.807, 2.05) is 18.7 Å². The van der Waals surface area contributed by atoms with Gasteiger partial charge in [0, 0.05) is 32.6 Å². The zero-order valence-electron chi connectivity index (χ0n) is 11.6. The molecule has 1 heterocycles. The van der Waals surface area contributed by atoms with Gasteiger partial charge < -0.3 is 16.0 Å². The first kappa shape index (κ1) is 15.0. The maximum absolute atomic E-state index is 12.3. The molecule has 0 spiro atoms. The van der Waals surface area contributed by atoms with Crippen LogP contribution in [0, 0.1) is 11.8 Å². The molecule has 0 aromatic rings. The summed E-state index contributed by atoms with van der Waals surface area (Å²) in [4.78, 5) is 25.1. The van der Waals surface area contributed by atoms with E-state index >= 15 is 0 Å². The minimum absolute atomic E-state index is 0.00166. The van der Waals surface area contributed by atoms with Gasteiger partial charge in [0.25, 0.3) is 0 Å². The molecule has 0 radical (unpaired) electrons. The fraction of sp³-hybridized carbons (Fsp3) is 0.846. The molecule has 1 rings (SSSR count). The number of hydrogen-bond donors (Lipinski definition) is 2. The molecule has 1 fully saturated rings. The first-order valence-corrected chi connectivity index (χ1v) is 6.71. The molecule has 1 atom stereocenters. The predicted molar refractivity (Wildman–Crippen MR) is 70.8 cm³/mol. The monoisotopic (exact) mass is 255 g/mol. The van der Waals surface area contributed by atoms with Crippen LogP contribution in [0.1, 0.15) is 33.6 Å². The number of carbonyl (C=O) groups is 2. The third-order valence-electron chi connectivity index (χ3n) is 3.59. The second kappa shape index (κ2) is 6.73. The van der Waals surface area contributed by atoms with Crippen LogP contribution in [0.25, 0.3) is 0 Å². The number of piperidine rings is 1. The Balaban J connectivity index is 2.47. The van der Waals surface area contributed by atoms with Crippen LogP contribution >= 0.6 is 0 Å². The summed E-state index contributed by atoms with van der Waals surface area (Å²) >= 11 is 0. The van der Waals surface area contributed by atoms with Gasteiger partial charge in [-0.05, 0) is 18.8 Å². The molecule has 5 nitrogen and oxygen atoms in total. The Bertz CT molecular complexity index is 297. The van der Waals surface area contributed by atoms with Crippen molar-refractivity contribution in [1.82, 2.24) is 10.2 Å². The highest BCUT2D eigenvalue weighted by Crippen LogP contribution is 2.17. The molecule has 1 unspecified atom stereocenters. The summed E-state index contributed by atoms with van der Waals surface area (Å²) in [6, 6.07) is 0.210. The third-order valence-corrected chi connectivity index (χ3v) is 3.59. The van der Waals surface area contributed by atoms with Crippen molar-refractivity contribution in [2.75, 3.05) is 19.6 Å². The van der Waals surface area contributed by atoms with Crippen LogP contribution in [-0.4, -0.2) is 42.4 Å². The molecule has 1 aliphatic rings. The van der Waals surface area contributed by atoms with Gasteiger partial charge in [0.15, 0.2) is 0 Å². The van der Waals surface area contributed by atoms with Crippen molar-refractivity contribution in [3.63, 3.8) is 0 Å². The lowest BCUT2D eigenvalue weighted by molar-refractivity contribution is -0.137. The van der Waals surface area contributed by atoms with Gasteiger partial charge in [0.1, 0.15) is 0 Å². The van der Waals surface area contributed by atoms with Crippen LogP contribution < -0.4 is 11.1 Å². The SMILES string of the molecule is CC(=O)NC1CCN(C(=O)C(CN)C(C)C)CC1. The van der Waals surface area contributed by atoms with Gasteiger partial charge >= 0.3 is 0 Å². The number of hydrogen-bond acceptors (Lipinski definition) is 3. The van der Waals surface area contributed by atoms with E-state index in [9.17, 15) is 9.59 Å². The molecule has 18 heavy (non-hydrogen) atoms. The highest BCUT2D eigenvalue weighted by molar-refractivity contribution is 5.79. The molecule has 2 amide bonds. The largest absolute Gasteiger partial charge is 0.353 e. The number of nitrogens with zero attached hydrogens (tertiary/aromatic N) is 1. The van der Waals surface area contributed by atoms with E-state index in [4.69, 9.17) is 5.73 Å². The van der Waals surface area contributed by atoms with Crippen LogP contribution in [0.3, 0.4) is 0 Å². The van der Waals surface area contributed by atoms with Gasteiger partial charge in [0.2, 0.25) is 11.8 Å². The zero-order chi connectivity index (χ0) is 13.7. The first-order chi connectivity index (χ1) is 8.45. The Morgan fingerprint density at radius 3 is 2.28 bits per heavy atom. The summed E-state index contributed by atoms with van der Waals surface area (Å²) < 4.78 is 0. The van der Waals surface area contributed by atoms with Gasteiger partial charge in [-0.25, -0.2) is 0 Å². The van der Waals surface area contributed by atoms with Gasteiger partial charge in [0.05, 0.1) is 5.92 Å². The van der Waals surface area contributed by atoms with E-state index < -0.39 is 0 Å². The molecule has 0 saturated carbocycles. The Morgan fingerprint density at radius 2 is 1.89 bits per heavy atom. The number of nitrogens with one attached hydrogen (secondary N) is 1. The molecule has 0 aromatic carbocycles. The second-order valence-electron chi connectivity index (χ2n) is 5.39. The van der Waals surface area contributed by atoms with Crippen molar-refractivity contribution < 1.29 is 9.59 Å². The standard InChI is InChI=1S/C13H25N3O2/c1-9(2)12(8-14)13(18)16-6-4-11(5-7-16)15-10(3)17/h9,11-12H,4-8,14H2,1-3H3,(H,15,17). The first-order valence-electron chi connectivity index (χ1n) is 6.71. The summed E-state index contributed by atoms with van der Waals surface area (Å²) in [6.07, 6.45) is 1.67. The molecule has 0 aromatic heterocycles. The van der Waals surface area contributed by atoms with Crippen LogP contribution in [-0.2, 0) is 9.59 Å². The van der Waals surface area contributed by atoms with Crippen molar-refractivity contribution in [1.29, 1.82) is 0 Å². The molecule has 5 heteroatoms. The maximum atomic E-state index is 12.3. The highest BCUT2D eigenvalue weighted by atomic mass is 16.2. The smallest absolute Gasteiger partial charge is 0.227 e. The van der Waals surface area contributed by atoms with Crippen molar-refractivity contribution >= 4 is 11.8 Å². The average Bonchev–Trinajstić information content (AvgIpc) is 2.29. The summed E-state index contributed by atoms with van der Waals surface area (Å²) in [7, 11) is 0. The molecule has 1 aliphatic heterocycles. The lowest BCUT2D eigenvalue weighted by Gasteiger charge is -2.35. The third kappa shape index (κ3) is 3.98. The van der Waals surface area contributed by atoms with Crippen LogP contribution in [0.15, 0.2) is 0 Å².